The number of hydrogen-bond donors (Lipinski definition) is 1. The van der Waals surface area contributed by atoms with Crippen molar-refractivity contribution in [1.29, 1.82) is 0 Å². The van der Waals surface area contributed by atoms with Gasteiger partial charge in [-0.3, -0.25) is 0 Å². The van der Waals surface area contributed by atoms with Gasteiger partial charge in [-0.15, -0.1) is 0 Å². The van der Waals surface area contributed by atoms with Crippen LogP contribution in [-0.2, 0) is 0 Å². The van der Waals surface area contributed by atoms with Crippen molar-refractivity contribution < 1.29 is 4.74 Å². The van der Waals surface area contributed by atoms with Crippen molar-refractivity contribution in [3.05, 3.63) is 27.7 Å². The molecule has 0 spiro atoms. The molecule has 0 bridgehead atoms. The number of hydrogen-bond acceptors (Lipinski definition) is 2. The van der Waals surface area contributed by atoms with Crippen LogP contribution in [0.4, 0.5) is 0 Å². The number of benzene rings is 1. The summed E-state index contributed by atoms with van der Waals surface area (Å²) in [5.41, 5.74) is 7.65. The minimum absolute atomic E-state index is 0.551. The van der Waals surface area contributed by atoms with Crippen LogP contribution in [0.1, 0.15) is 11.1 Å². The van der Waals surface area contributed by atoms with Crippen LogP contribution in [0.3, 0.4) is 0 Å². The van der Waals surface area contributed by atoms with Gasteiger partial charge >= 0.3 is 0 Å². The second-order valence-corrected chi connectivity index (χ2v) is 3.92. The molecule has 1 aromatic carbocycles. The topological polar surface area (TPSA) is 35.2 Å². The molecule has 0 aliphatic heterocycles. The summed E-state index contributed by atoms with van der Waals surface area (Å²) in [5, 5.41) is 0. The zero-order valence-electron chi connectivity index (χ0n) is 7.93. The quantitative estimate of drug-likeness (QED) is 0.886. The molecule has 2 nitrogen and oxygen atoms in total. The fraction of sp³-hybridized carbons (Fsp3) is 0.400. The number of halogens is 1. The van der Waals surface area contributed by atoms with Gasteiger partial charge in [-0.1, -0.05) is 15.9 Å². The van der Waals surface area contributed by atoms with E-state index in [0.29, 0.717) is 13.2 Å². The minimum atomic E-state index is 0.551. The van der Waals surface area contributed by atoms with E-state index in [4.69, 9.17) is 10.5 Å². The molecule has 0 unspecified atom stereocenters. The van der Waals surface area contributed by atoms with Gasteiger partial charge in [-0.2, -0.15) is 0 Å². The Morgan fingerprint density at radius 1 is 1.31 bits per heavy atom. The second-order valence-electron chi connectivity index (χ2n) is 3.01. The summed E-state index contributed by atoms with van der Waals surface area (Å²) >= 11 is 3.44. The largest absolute Gasteiger partial charge is 0.492 e. The summed E-state index contributed by atoms with van der Waals surface area (Å²) in [6.45, 7) is 5.19. The first kappa shape index (κ1) is 10.5. The molecule has 1 aromatic rings. The van der Waals surface area contributed by atoms with Gasteiger partial charge in [-0.25, -0.2) is 0 Å². The smallest absolute Gasteiger partial charge is 0.125 e. The fourth-order valence-electron chi connectivity index (χ4n) is 1.29. The van der Waals surface area contributed by atoms with Gasteiger partial charge < -0.3 is 10.5 Å². The van der Waals surface area contributed by atoms with Crippen molar-refractivity contribution in [1.82, 2.24) is 0 Å². The predicted molar refractivity (Wildman–Crippen MR) is 58.2 cm³/mol. The lowest BCUT2D eigenvalue weighted by atomic mass is 10.1. The molecule has 0 fully saturated rings. The Hall–Kier alpha value is -0.540. The van der Waals surface area contributed by atoms with Crippen LogP contribution in [0, 0.1) is 13.8 Å². The fourth-order valence-corrected chi connectivity index (χ4v) is 1.97. The Labute approximate surface area is 87.2 Å². The third-order valence-electron chi connectivity index (χ3n) is 1.79. The summed E-state index contributed by atoms with van der Waals surface area (Å²) in [6, 6.07) is 4.08. The van der Waals surface area contributed by atoms with Crippen LogP contribution >= 0.6 is 15.9 Å². The van der Waals surface area contributed by atoms with Gasteiger partial charge in [0.2, 0.25) is 0 Å². The van der Waals surface area contributed by atoms with E-state index in [2.05, 4.69) is 15.9 Å². The molecular formula is C10H14BrNO. The Kier molecular flexibility index (Phi) is 3.75. The zero-order valence-corrected chi connectivity index (χ0v) is 9.52. The molecule has 0 heterocycles. The molecule has 3 heteroatoms. The van der Waals surface area contributed by atoms with Gasteiger partial charge in [0.25, 0.3) is 0 Å². The van der Waals surface area contributed by atoms with Gasteiger partial charge in [0, 0.05) is 11.0 Å². The maximum absolute atomic E-state index is 5.53. The number of aryl methyl sites for hydroxylation is 2. The van der Waals surface area contributed by atoms with Crippen LogP contribution in [-0.4, -0.2) is 13.2 Å². The molecule has 2 N–H and O–H groups in total. The van der Waals surface area contributed by atoms with E-state index in [1.165, 1.54) is 0 Å². The first-order chi connectivity index (χ1) is 6.15. The lowest BCUT2D eigenvalue weighted by Gasteiger charge is -2.11. The number of rotatable bonds is 3. The van der Waals surface area contributed by atoms with Crippen molar-refractivity contribution in [3.63, 3.8) is 0 Å². The molecule has 1 rings (SSSR count). The highest BCUT2D eigenvalue weighted by Crippen LogP contribution is 2.26. The van der Waals surface area contributed by atoms with Crippen LogP contribution < -0.4 is 10.5 Å². The van der Waals surface area contributed by atoms with E-state index < -0.39 is 0 Å². The summed E-state index contributed by atoms with van der Waals surface area (Å²) in [6.07, 6.45) is 0. The van der Waals surface area contributed by atoms with Crippen LogP contribution in [0.2, 0.25) is 0 Å². The normalized spacial score (nSPS) is 10.2. The number of ether oxygens (including phenoxy) is 1. The second kappa shape index (κ2) is 4.63. The molecule has 0 atom stereocenters. The molecule has 13 heavy (non-hydrogen) atoms. The Bertz CT molecular complexity index is 276. The van der Waals surface area contributed by atoms with E-state index in [0.717, 1.165) is 21.3 Å². The van der Waals surface area contributed by atoms with Crippen molar-refractivity contribution in [3.8, 4) is 5.75 Å². The highest BCUT2D eigenvalue weighted by atomic mass is 79.9. The summed E-state index contributed by atoms with van der Waals surface area (Å²) in [5.74, 6) is 0.952. The highest BCUT2D eigenvalue weighted by Gasteiger charge is 2.04. The van der Waals surface area contributed by atoms with Crippen molar-refractivity contribution in [2.75, 3.05) is 13.2 Å². The third-order valence-corrected chi connectivity index (χ3v) is 2.25. The van der Waals surface area contributed by atoms with Crippen molar-refractivity contribution in [2.24, 2.45) is 5.73 Å². The Balaban J connectivity index is 2.92. The van der Waals surface area contributed by atoms with E-state index in [9.17, 15) is 0 Å². The average Bonchev–Trinajstić information content (AvgIpc) is 2.02. The van der Waals surface area contributed by atoms with Crippen LogP contribution in [0.15, 0.2) is 16.6 Å². The summed E-state index contributed by atoms with van der Waals surface area (Å²) in [4.78, 5) is 0. The Morgan fingerprint density at radius 3 is 2.31 bits per heavy atom. The SMILES string of the molecule is Cc1cc(Br)cc(C)c1OCCN. The first-order valence-electron chi connectivity index (χ1n) is 4.24. The molecule has 0 radical (unpaired) electrons. The average molecular weight is 244 g/mol. The minimum Gasteiger partial charge on any atom is -0.492 e. The van der Waals surface area contributed by atoms with Gasteiger partial charge in [0.05, 0.1) is 0 Å². The molecule has 0 saturated carbocycles. The predicted octanol–water partition coefficient (Wildman–Crippen LogP) is 2.40. The highest BCUT2D eigenvalue weighted by molar-refractivity contribution is 9.10. The lowest BCUT2D eigenvalue weighted by Crippen LogP contribution is -2.11. The molecule has 0 saturated heterocycles. The molecule has 0 aromatic heterocycles. The lowest BCUT2D eigenvalue weighted by molar-refractivity contribution is 0.324. The molecule has 0 amide bonds. The van der Waals surface area contributed by atoms with E-state index in [1.54, 1.807) is 0 Å². The number of nitrogens with two attached hydrogens (primary N) is 1. The van der Waals surface area contributed by atoms with Crippen molar-refractivity contribution in [2.45, 2.75) is 13.8 Å². The van der Waals surface area contributed by atoms with Gasteiger partial charge in [-0.05, 0) is 37.1 Å². The molecule has 72 valence electrons. The van der Waals surface area contributed by atoms with E-state index in [-0.39, 0.29) is 0 Å². The van der Waals surface area contributed by atoms with Gasteiger partial charge in [0.1, 0.15) is 12.4 Å². The maximum Gasteiger partial charge on any atom is 0.125 e. The standard InChI is InChI=1S/C10H14BrNO/c1-7-5-9(11)6-8(2)10(7)13-4-3-12/h5-6H,3-4,12H2,1-2H3. The third kappa shape index (κ3) is 2.71. The molecule has 0 aliphatic carbocycles. The first-order valence-corrected chi connectivity index (χ1v) is 5.04. The van der Waals surface area contributed by atoms with E-state index >= 15 is 0 Å². The van der Waals surface area contributed by atoms with E-state index in [1.807, 2.05) is 26.0 Å². The monoisotopic (exact) mass is 243 g/mol. The van der Waals surface area contributed by atoms with Crippen LogP contribution in [0.25, 0.3) is 0 Å². The molecule has 0 aliphatic rings. The summed E-state index contributed by atoms with van der Waals surface area (Å²) in [7, 11) is 0. The van der Waals surface area contributed by atoms with Crippen LogP contribution in [0.5, 0.6) is 5.75 Å². The summed E-state index contributed by atoms with van der Waals surface area (Å²) < 4.78 is 6.61. The van der Waals surface area contributed by atoms with Gasteiger partial charge in [0.15, 0.2) is 0 Å². The zero-order chi connectivity index (χ0) is 9.84. The Morgan fingerprint density at radius 2 is 1.85 bits per heavy atom. The molecular weight excluding hydrogens is 230 g/mol. The van der Waals surface area contributed by atoms with Crippen molar-refractivity contribution >= 4 is 15.9 Å². The maximum atomic E-state index is 5.53.